The number of rotatable bonds is 9. The molecular formula is C22H32O2Si2. The predicted octanol–water partition coefficient (Wildman–Crippen LogP) is 4.93. The second-order valence-corrected chi connectivity index (χ2v) is 15.5. The molecule has 26 heavy (non-hydrogen) atoms. The van der Waals surface area contributed by atoms with Gasteiger partial charge in [0.1, 0.15) is 11.6 Å². The van der Waals surface area contributed by atoms with Crippen LogP contribution in [-0.4, -0.2) is 23.5 Å². The van der Waals surface area contributed by atoms with Gasteiger partial charge in [0.25, 0.3) is 0 Å². The third-order valence-electron chi connectivity index (χ3n) is 5.68. The quantitative estimate of drug-likeness (QED) is 0.451. The number of hydrogen-bond donors (Lipinski definition) is 0. The van der Waals surface area contributed by atoms with Crippen LogP contribution < -0.4 is 10.4 Å². The summed E-state index contributed by atoms with van der Waals surface area (Å²) in [6.45, 7) is 9.19. The number of benzene rings is 2. The van der Waals surface area contributed by atoms with Gasteiger partial charge in [-0.05, 0) is 28.5 Å². The smallest absolute Gasteiger partial charge is 0.249 e. The topological polar surface area (TPSA) is 18.5 Å². The van der Waals surface area contributed by atoms with Gasteiger partial charge in [-0.3, -0.25) is 0 Å². The van der Waals surface area contributed by atoms with E-state index in [0.29, 0.717) is 0 Å². The third-order valence-corrected chi connectivity index (χ3v) is 14.6. The molecule has 0 aliphatic rings. The van der Waals surface area contributed by atoms with Gasteiger partial charge in [0.05, 0.1) is 7.11 Å². The minimum atomic E-state index is -2.26. The van der Waals surface area contributed by atoms with E-state index in [0.717, 1.165) is 23.5 Å². The van der Waals surface area contributed by atoms with E-state index in [9.17, 15) is 0 Å². The molecule has 0 unspecified atom stereocenters. The molecule has 0 saturated carbocycles. The Morgan fingerprint density at radius 1 is 0.808 bits per heavy atom. The molecule has 2 aromatic rings. The maximum absolute atomic E-state index is 6.94. The highest BCUT2D eigenvalue weighted by Crippen LogP contribution is 2.29. The summed E-state index contributed by atoms with van der Waals surface area (Å²) in [6.07, 6.45) is 1.87. The van der Waals surface area contributed by atoms with Gasteiger partial charge in [0.15, 0.2) is 8.07 Å². The summed E-state index contributed by atoms with van der Waals surface area (Å²) in [5.74, 6) is 0. The second kappa shape index (κ2) is 9.24. The standard InChI is InChI=1S/C22H32O2Si2/c1-6-26(7-2,8-3)24-22(19-23-4)25(5,20-15-11-9-12-16-20)21-17-13-10-14-18-21/h9-19H,6-8H2,1-5H3/b22-19+. The van der Waals surface area contributed by atoms with Crippen molar-refractivity contribution in [3.05, 3.63) is 72.3 Å². The van der Waals surface area contributed by atoms with Gasteiger partial charge in [-0.25, -0.2) is 0 Å². The molecule has 0 aromatic heterocycles. The Kier molecular flexibility index (Phi) is 7.29. The fourth-order valence-corrected chi connectivity index (χ4v) is 10.4. The molecule has 0 saturated heterocycles. The highest BCUT2D eigenvalue weighted by atomic mass is 28.4. The van der Waals surface area contributed by atoms with Gasteiger partial charge >= 0.3 is 0 Å². The Balaban J connectivity index is 2.63. The monoisotopic (exact) mass is 384 g/mol. The molecule has 140 valence electrons. The molecule has 0 aliphatic heterocycles. The Hall–Kier alpha value is -1.79. The zero-order valence-electron chi connectivity index (χ0n) is 16.8. The first-order valence-electron chi connectivity index (χ1n) is 9.59. The fraction of sp³-hybridized carbons (Fsp3) is 0.364. The predicted molar refractivity (Wildman–Crippen MR) is 117 cm³/mol. The lowest BCUT2D eigenvalue weighted by Crippen LogP contribution is -2.59. The van der Waals surface area contributed by atoms with E-state index in [1.54, 1.807) is 7.11 Å². The van der Waals surface area contributed by atoms with Gasteiger partial charge in [-0.15, -0.1) is 0 Å². The van der Waals surface area contributed by atoms with Crippen molar-refractivity contribution >= 4 is 26.8 Å². The summed E-state index contributed by atoms with van der Waals surface area (Å²) < 4.78 is 12.5. The van der Waals surface area contributed by atoms with Crippen molar-refractivity contribution in [3.63, 3.8) is 0 Å². The van der Waals surface area contributed by atoms with E-state index >= 15 is 0 Å². The van der Waals surface area contributed by atoms with Crippen LogP contribution >= 0.6 is 0 Å². The molecule has 2 aromatic carbocycles. The Labute approximate surface area is 161 Å². The van der Waals surface area contributed by atoms with Crippen molar-refractivity contribution in [2.45, 2.75) is 45.5 Å². The van der Waals surface area contributed by atoms with Crippen LogP contribution in [-0.2, 0) is 9.16 Å². The molecule has 4 heteroatoms. The molecule has 2 nitrogen and oxygen atoms in total. The molecule has 2 rings (SSSR count). The lowest BCUT2D eigenvalue weighted by molar-refractivity contribution is 0.309. The average molecular weight is 385 g/mol. The van der Waals surface area contributed by atoms with E-state index in [4.69, 9.17) is 9.16 Å². The lowest BCUT2D eigenvalue weighted by atomic mass is 10.4. The lowest BCUT2D eigenvalue weighted by Gasteiger charge is -2.38. The zero-order valence-corrected chi connectivity index (χ0v) is 18.8. The van der Waals surface area contributed by atoms with Crippen LogP contribution in [0.2, 0.25) is 24.7 Å². The van der Waals surface area contributed by atoms with E-state index in [1.807, 2.05) is 6.26 Å². The maximum Gasteiger partial charge on any atom is 0.249 e. The Morgan fingerprint density at radius 3 is 1.58 bits per heavy atom. The SMILES string of the molecule is CC[Si](CC)(CC)O/C(=C\OC)[Si](C)(c1ccccc1)c1ccccc1. The third kappa shape index (κ3) is 4.13. The van der Waals surface area contributed by atoms with E-state index in [2.05, 4.69) is 88.0 Å². The van der Waals surface area contributed by atoms with Gasteiger partial charge in [0.2, 0.25) is 8.32 Å². The zero-order chi connectivity index (χ0) is 19.0. The number of hydrogen-bond acceptors (Lipinski definition) is 2. The van der Waals surface area contributed by atoms with Crippen molar-refractivity contribution in [2.75, 3.05) is 7.11 Å². The first-order chi connectivity index (χ1) is 12.6. The summed E-state index contributed by atoms with van der Waals surface area (Å²) in [5.41, 5.74) is 0. The van der Waals surface area contributed by atoms with Crippen molar-refractivity contribution in [2.24, 2.45) is 0 Å². The van der Waals surface area contributed by atoms with Crippen LogP contribution in [0.25, 0.3) is 0 Å². The summed E-state index contributed by atoms with van der Waals surface area (Å²) in [7, 11) is -2.35. The molecule has 0 spiro atoms. The van der Waals surface area contributed by atoms with Crippen molar-refractivity contribution in [1.82, 2.24) is 0 Å². The summed E-state index contributed by atoms with van der Waals surface area (Å²) >= 11 is 0. The van der Waals surface area contributed by atoms with Gasteiger partial charge in [-0.2, -0.15) is 0 Å². The Morgan fingerprint density at radius 2 is 1.23 bits per heavy atom. The van der Waals surface area contributed by atoms with Crippen LogP contribution in [0.1, 0.15) is 20.8 Å². The van der Waals surface area contributed by atoms with Crippen LogP contribution in [0, 0.1) is 0 Å². The minimum Gasteiger partial charge on any atom is -0.547 e. The molecule has 0 radical (unpaired) electrons. The maximum atomic E-state index is 6.94. The minimum absolute atomic E-state index is 1.05. The summed E-state index contributed by atoms with van der Waals surface area (Å²) in [4.78, 5) is 0. The van der Waals surface area contributed by atoms with Gasteiger partial charge in [0, 0.05) is 0 Å². The molecule has 0 aliphatic carbocycles. The molecule has 0 atom stereocenters. The van der Waals surface area contributed by atoms with Crippen molar-refractivity contribution in [3.8, 4) is 0 Å². The van der Waals surface area contributed by atoms with Crippen LogP contribution in [0.5, 0.6) is 0 Å². The Bertz CT molecular complexity index is 647. The van der Waals surface area contributed by atoms with Crippen LogP contribution in [0.3, 0.4) is 0 Å². The largest absolute Gasteiger partial charge is 0.547 e. The molecule has 0 amide bonds. The fourth-order valence-electron chi connectivity index (χ4n) is 3.54. The first kappa shape index (κ1) is 20.5. The molecule has 0 bridgehead atoms. The highest BCUT2D eigenvalue weighted by molar-refractivity contribution is 7.06. The van der Waals surface area contributed by atoms with E-state index < -0.39 is 16.4 Å². The molecular weight excluding hydrogens is 352 g/mol. The normalized spacial score (nSPS) is 12.7. The highest BCUT2D eigenvalue weighted by Gasteiger charge is 2.42. The summed E-state index contributed by atoms with van der Waals surface area (Å²) in [5, 5.41) is 3.75. The van der Waals surface area contributed by atoms with E-state index in [1.165, 1.54) is 10.4 Å². The van der Waals surface area contributed by atoms with Gasteiger partial charge in [-0.1, -0.05) is 88.0 Å². The first-order valence-corrected chi connectivity index (χ1v) is 14.6. The van der Waals surface area contributed by atoms with Crippen LogP contribution in [0.15, 0.2) is 72.3 Å². The van der Waals surface area contributed by atoms with E-state index in [-0.39, 0.29) is 0 Å². The van der Waals surface area contributed by atoms with Crippen molar-refractivity contribution in [1.29, 1.82) is 0 Å². The molecule has 0 heterocycles. The summed E-state index contributed by atoms with van der Waals surface area (Å²) in [6, 6.07) is 24.9. The van der Waals surface area contributed by atoms with Gasteiger partial charge < -0.3 is 9.16 Å². The number of methoxy groups -OCH3 is 1. The second-order valence-electron chi connectivity index (χ2n) is 6.92. The molecule has 0 fully saturated rings. The molecule has 0 N–H and O–H groups in total. The van der Waals surface area contributed by atoms with Crippen molar-refractivity contribution < 1.29 is 9.16 Å². The number of ether oxygens (including phenoxy) is 1. The average Bonchev–Trinajstić information content (AvgIpc) is 2.72. The van der Waals surface area contributed by atoms with Crippen LogP contribution in [0.4, 0.5) is 0 Å².